The molecule has 2 heterocycles. The van der Waals surface area contributed by atoms with Gasteiger partial charge in [-0.25, -0.2) is 9.97 Å². The molecule has 0 aliphatic rings. The van der Waals surface area contributed by atoms with Gasteiger partial charge in [-0.05, 0) is 36.5 Å². The van der Waals surface area contributed by atoms with Crippen LogP contribution < -0.4 is 0 Å². The maximum Gasteiger partial charge on any atom is 0.348 e. The monoisotopic (exact) mass is 314 g/mol. The molecule has 10 nitrogen and oxygen atoms in total. The maximum absolute atomic E-state index is 10.7. The molecule has 0 aliphatic heterocycles. The third-order valence-corrected chi connectivity index (χ3v) is 4.06. The largest absolute Gasteiger partial charge is 0.348 e. The molecule has 104 valence electrons. The second kappa shape index (κ2) is 5.34. The standard InChI is InChI=1S/C8H6N6O4S2/c1-3-5(13(15)16)19-7(9-3)11-12-8-10-4(2)6(20-8)14(17)18/h1-2H3/b12-11+. The number of nitro groups is 2. The number of thiazole rings is 2. The minimum absolute atomic E-state index is 0.102. The molecule has 0 unspecified atom stereocenters. The van der Waals surface area contributed by atoms with Crippen LogP contribution in [0.1, 0.15) is 11.4 Å². The van der Waals surface area contributed by atoms with Crippen molar-refractivity contribution >= 4 is 42.9 Å². The summed E-state index contributed by atoms with van der Waals surface area (Å²) in [4.78, 5) is 27.9. The summed E-state index contributed by atoms with van der Waals surface area (Å²) in [6.45, 7) is 2.98. The van der Waals surface area contributed by atoms with Gasteiger partial charge in [-0.15, -0.1) is 10.2 Å². The topological polar surface area (TPSA) is 137 Å². The van der Waals surface area contributed by atoms with Crippen LogP contribution in [-0.2, 0) is 0 Å². The quantitative estimate of drug-likeness (QED) is 0.481. The van der Waals surface area contributed by atoms with Gasteiger partial charge in [0.15, 0.2) is 0 Å². The van der Waals surface area contributed by atoms with Crippen molar-refractivity contribution in [3.8, 4) is 0 Å². The minimum atomic E-state index is -0.551. The first kappa shape index (κ1) is 14.1. The molecule has 0 bridgehead atoms. The van der Waals surface area contributed by atoms with Crippen LogP contribution in [-0.4, -0.2) is 19.8 Å². The molecule has 2 aromatic rings. The summed E-state index contributed by atoms with van der Waals surface area (Å²) in [5.41, 5.74) is 0.491. The molecule has 2 rings (SSSR count). The zero-order valence-corrected chi connectivity index (χ0v) is 11.8. The fourth-order valence-corrected chi connectivity index (χ4v) is 2.67. The third-order valence-electron chi connectivity index (χ3n) is 2.07. The molecule has 0 fully saturated rings. The molecule has 0 aromatic carbocycles. The summed E-state index contributed by atoms with van der Waals surface area (Å²) >= 11 is 1.55. The van der Waals surface area contributed by atoms with E-state index in [0.717, 1.165) is 22.7 Å². The first-order chi connectivity index (χ1) is 9.38. The van der Waals surface area contributed by atoms with E-state index in [1.807, 2.05) is 0 Å². The van der Waals surface area contributed by atoms with Crippen molar-refractivity contribution in [2.45, 2.75) is 13.8 Å². The van der Waals surface area contributed by atoms with Crippen molar-refractivity contribution in [1.29, 1.82) is 0 Å². The van der Waals surface area contributed by atoms with Crippen molar-refractivity contribution in [2.75, 3.05) is 0 Å². The molecule has 0 spiro atoms. The highest BCUT2D eigenvalue weighted by molar-refractivity contribution is 7.19. The second-order valence-corrected chi connectivity index (χ2v) is 5.40. The number of nitrogens with zero attached hydrogens (tertiary/aromatic N) is 6. The van der Waals surface area contributed by atoms with Crippen molar-refractivity contribution < 1.29 is 9.85 Å². The van der Waals surface area contributed by atoms with E-state index in [9.17, 15) is 20.2 Å². The predicted molar refractivity (Wildman–Crippen MR) is 71.2 cm³/mol. The van der Waals surface area contributed by atoms with Crippen LogP contribution in [0.2, 0.25) is 0 Å². The van der Waals surface area contributed by atoms with Gasteiger partial charge in [0, 0.05) is 0 Å². The molecule has 2 aromatic heterocycles. The number of azo groups is 1. The summed E-state index contributed by atoms with van der Waals surface area (Å²) in [5, 5.41) is 28.7. The summed E-state index contributed by atoms with van der Waals surface area (Å²) in [7, 11) is 0. The van der Waals surface area contributed by atoms with Gasteiger partial charge in [-0.2, -0.15) is 0 Å². The first-order valence-corrected chi connectivity index (χ1v) is 6.67. The lowest BCUT2D eigenvalue weighted by Gasteiger charge is -1.81. The Labute approximate surface area is 119 Å². The number of aromatic nitrogens is 2. The Hall–Kier alpha value is -2.34. The summed E-state index contributed by atoms with van der Waals surface area (Å²) in [5.74, 6) is 0. The van der Waals surface area contributed by atoms with Crippen molar-refractivity contribution in [1.82, 2.24) is 9.97 Å². The van der Waals surface area contributed by atoms with E-state index < -0.39 is 9.85 Å². The summed E-state index contributed by atoms with van der Waals surface area (Å²) in [6.07, 6.45) is 0. The van der Waals surface area contributed by atoms with E-state index in [4.69, 9.17) is 0 Å². The van der Waals surface area contributed by atoms with E-state index in [2.05, 4.69) is 20.2 Å². The highest BCUT2D eigenvalue weighted by Crippen LogP contribution is 2.35. The molecule has 0 aliphatic carbocycles. The van der Waals surface area contributed by atoms with E-state index in [1.165, 1.54) is 13.8 Å². The van der Waals surface area contributed by atoms with Gasteiger partial charge in [0.25, 0.3) is 0 Å². The molecule has 0 amide bonds. The van der Waals surface area contributed by atoms with E-state index in [-0.39, 0.29) is 31.7 Å². The molecule has 12 heteroatoms. The zero-order chi connectivity index (χ0) is 14.9. The van der Waals surface area contributed by atoms with Crippen LogP contribution in [0.15, 0.2) is 10.2 Å². The minimum Gasteiger partial charge on any atom is -0.257 e. The lowest BCUT2D eigenvalue weighted by atomic mass is 10.5. The molecule has 0 saturated heterocycles. The van der Waals surface area contributed by atoms with Crippen LogP contribution in [0, 0.1) is 34.1 Å². The van der Waals surface area contributed by atoms with Gasteiger partial charge in [-0.3, -0.25) is 20.2 Å². The number of aryl methyl sites for hydroxylation is 2. The fraction of sp³-hybridized carbons (Fsp3) is 0.250. The van der Waals surface area contributed by atoms with Crippen LogP contribution >= 0.6 is 22.7 Å². The van der Waals surface area contributed by atoms with E-state index >= 15 is 0 Å². The average molecular weight is 314 g/mol. The van der Waals surface area contributed by atoms with Gasteiger partial charge in [0.2, 0.25) is 10.3 Å². The number of hydrogen-bond donors (Lipinski definition) is 0. The van der Waals surface area contributed by atoms with Crippen LogP contribution in [0.3, 0.4) is 0 Å². The third kappa shape index (κ3) is 2.80. The van der Waals surface area contributed by atoms with Gasteiger partial charge in [0.05, 0.1) is 9.85 Å². The predicted octanol–water partition coefficient (Wildman–Crippen LogP) is 3.45. The first-order valence-electron chi connectivity index (χ1n) is 5.04. The lowest BCUT2D eigenvalue weighted by molar-refractivity contribution is -0.381. The molecular formula is C8H6N6O4S2. The summed E-state index contributed by atoms with van der Waals surface area (Å²) < 4.78 is 0. The van der Waals surface area contributed by atoms with E-state index in [1.54, 1.807) is 0 Å². The zero-order valence-electron chi connectivity index (χ0n) is 10.1. The SMILES string of the molecule is Cc1nc(/N=N/c2nc(C)c([N+](=O)[O-])s2)sc1[N+](=O)[O-]. The van der Waals surface area contributed by atoms with E-state index in [0.29, 0.717) is 0 Å². The number of rotatable bonds is 4. The molecule has 0 N–H and O–H groups in total. The second-order valence-electron chi connectivity index (χ2n) is 3.49. The van der Waals surface area contributed by atoms with Gasteiger partial charge in [-0.1, -0.05) is 0 Å². The molecule has 0 radical (unpaired) electrons. The van der Waals surface area contributed by atoms with Crippen LogP contribution in [0.5, 0.6) is 0 Å². The highest BCUT2D eigenvalue weighted by Gasteiger charge is 2.19. The maximum atomic E-state index is 10.7. The average Bonchev–Trinajstić information content (AvgIpc) is 2.90. The number of hydrogen-bond acceptors (Lipinski definition) is 10. The van der Waals surface area contributed by atoms with Gasteiger partial charge < -0.3 is 0 Å². The Balaban J connectivity index is 2.25. The van der Waals surface area contributed by atoms with Crippen molar-refractivity contribution in [3.05, 3.63) is 31.6 Å². The Bertz CT molecular complexity index is 660. The lowest BCUT2D eigenvalue weighted by Crippen LogP contribution is -1.85. The van der Waals surface area contributed by atoms with Gasteiger partial charge >= 0.3 is 10.0 Å². The Morgan fingerprint density at radius 2 is 1.25 bits per heavy atom. The summed E-state index contributed by atoms with van der Waals surface area (Å²) in [6, 6.07) is 0. The van der Waals surface area contributed by atoms with Crippen LogP contribution in [0.25, 0.3) is 0 Å². The molecule has 0 atom stereocenters. The molecule has 20 heavy (non-hydrogen) atoms. The van der Waals surface area contributed by atoms with Crippen molar-refractivity contribution in [2.24, 2.45) is 10.2 Å². The smallest absolute Gasteiger partial charge is 0.257 e. The Morgan fingerprint density at radius 3 is 1.50 bits per heavy atom. The Morgan fingerprint density at radius 1 is 0.900 bits per heavy atom. The van der Waals surface area contributed by atoms with Crippen LogP contribution in [0.4, 0.5) is 20.3 Å². The fourth-order valence-electron chi connectivity index (χ4n) is 1.26. The normalized spacial score (nSPS) is 11.1. The Kier molecular flexibility index (Phi) is 3.76. The van der Waals surface area contributed by atoms with Gasteiger partial charge in [0.1, 0.15) is 11.4 Å². The molecular weight excluding hydrogens is 308 g/mol. The van der Waals surface area contributed by atoms with Crippen molar-refractivity contribution in [3.63, 3.8) is 0 Å². The molecule has 0 saturated carbocycles. The highest BCUT2D eigenvalue weighted by atomic mass is 32.1.